The molecule has 1 aliphatic rings. The number of aliphatic carboxylic acids is 1. The number of carboxylic acids is 1. The minimum Gasteiger partial charge on any atom is -0.481 e. The maximum Gasteiger partial charge on any atom is 0.573 e. The Kier molecular flexibility index (Phi) is 4.67. The number of carbonyl (C=O) groups excluding carboxylic acids is 1. The molecule has 1 aromatic carbocycles. The highest BCUT2D eigenvalue weighted by Crippen LogP contribution is 2.36. The van der Waals surface area contributed by atoms with Gasteiger partial charge in [0.25, 0.3) is 0 Å². The summed E-state index contributed by atoms with van der Waals surface area (Å²) in [4.78, 5) is 23.7. The topological polar surface area (TPSA) is 92.9 Å². The third-order valence-corrected chi connectivity index (χ3v) is 3.65. The maximum absolute atomic E-state index is 12.6. The van der Waals surface area contributed by atoms with Crippen molar-refractivity contribution in [1.29, 1.82) is 0 Å². The molecule has 0 aliphatic carbocycles. The predicted molar refractivity (Wildman–Crippen MR) is 74.2 cm³/mol. The summed E-state index contributed by atoms with van der Waals surface area (Å²) in [5.41, 5.74) is 5.12. The minimum atomic E-state index is -4.91. The Morgan fingerprint density at radius 2 is 1.87 bits per heavy atom. The Labute approximate surface area is 129 Å². The summed E-state index contributed by atoms with van der Waals surface area (Å²) >= 11 is 0. The molecule has 0 spiro atoms. The number of halogens is 3. The van der Waals surface area contributed by atoms with Crippen LogP contribution in [-0.2, 0) is 4.79 Å². The second-order valence-corrected chi connectivity index (χ2v) is 5.19. The molecule has 1 fully saturated rings. The third-order valence-electron chi connectivity index (χ3n) is 3.65. The molecule has 3 N–H and O–H groups in total. The lowest BCUT2D eigenvalue weighted by Gasteiger charge is -2.33. The fourth-order valence-corrected chi connectivity index (χ4v) is 2.50. The van der Waals surface area contributed by atoms with E-state index in [0.29, 0.717) is 12.8 Å². The molecule has 2 rings (SSSR count). The van der Waals surface area contributed by atoms with Gasteiger partial charge in [0.1, 0.15) is 0 Å². The van der Waals surface area contributed by atoms with Crippen LogP contribution in [0, 0.1) is 5.92 Å². The van der Waals surface area contributed by atoms with Crippen LogP contribution >= 0.6 is 0 Å². The molecule has 1 amide bonds. The van der Waals surface area contributed by atoms with Gasteiger partial charge in [-0.25, -0.2) is 0 Å². The highest BCUT2D eigenvalue weighted by Gasteiger charge is 2.34. The number of alkyl halides is 3. The molecular weight excluding hydrogens is 317 g/mol. The Hall–Kier alpha value is -2.45. The Morgan fingerprint density at radius 3 is 2.35 bits per heavy atom. The summed E-state index contributed by atoms with van der Waals surface area (Å²) in [6.07, 6.45) is -4.28. The van der Waals surface area contributed by atoms with E-state index in [1.807, 2.05) is 0 Å². The lowest BCUT2D eigenvalue weighted by Crippen LogP contribution is -2.36. The lowest BCUT2D eigenvalue weighted by atomic mass is 9.96. The molecule has 0 atom stereocenters. The number of nitrogens with zero attached hydrogens (tertiary/aromatic N) is 1. The highest BCUT2D eigenvalue weighted by molar-refractivity contribution is 5.94. The van der Waals surface area contributed by atoms with Gasteiger partial charge in [0, 0.05) is 18.7 Å². The van der Waals surface area contributed by atoms with Crippen LogP contribution in [0.3, 0.4) is 0 Å². The fraction of sp³-hybridized carbons (Fsp3) is 0.429. The molecule has 126 valence electrons. The molecule has 9 heteroatoms. The molecule has 0 aromatic heterocycles. The van der Waals surface area contributed by atoms with Crippen LogP contribution in [0.15, 0.2) is 18.2 Å². The number of hydrogen-bond acceptors (Lipinski definition) is 4. The van der Waals surface area contributed by atoms with Crippen molar-refractivity contribution in [3.63, 3.8) is 0 Å². The van der Waals surface area contributed by atoms with Gasteiger partial charge in [0.05, 0.1) is 11.6 Å². The van der Waals surface area contributed by atoms with E-state index in [9.17, 15) is 22.8 Å². The average molecular weight is 332 g/mol. The fourth-order valence-electron chi connectivity index (χ4n) is 2.50. The van der Waals surface area contributed by atoms with Crippen molar-refractivity contribution >= 4 is 17.6 Å². The van der Waals surface area contributed by atoms with E-state index >= 15 is 0 Å². The van der Waals surface area contributed by atoms with Gasteiger partial charge in [0.15, 0.2) is 5.75 Å². The van der Waals surface area contributed by atoms with Crippen LogP contribution in [0.25, 0.3) is 0 Å². The molecule has 1 aromatic rings. The Morgan fingerprint density at radius 1 is 1.26 bits per heavy atom. The Bertz CT molecular complexity index is 611. The van der Waals surface area contributed by atoms with E-state index in [1.54, 1.807) is 4.90 Å². The summed E-state index contributed by atoms with van der Waals surface area (Å²) < 4.78 is 41.6. The third kappa shape index (κ3) is 4.27. The van der Waals surface area contributed by atoms with Crippen molar-refractivity contribution in [3.05, 3.63) is 23.8 Å². The van der Waals surface area contributed by atoms with E-state index in [1.165, 1.54) is 12.1 Å². The van der Waals surface area contributed by atoms with E-state index in [0.717, 1.165) is 6.07 Å². The summed E-state index contributed by atoms with van der Waals surface area (Å²) in [6, 6.07) is 3.57. The maximum atomic E-state index is 12.6. The largest absolute Gasteiger partial charge is 0.573 e. The number of ether oxygens (including phenoxy) is 1. The van der Waals surface area contributed by atoms with Crippen LogP contribution < -0.4 is 15.4 Å². The van der Waals surface area contributed by atoms with Gasteiger partial charge in [-0.05, 0) is 31.0 Å². The molecule has 0 bridgehead atoms. The van der Waals surface area contributed by atoms with Gasteiger partial charge < -0.3 is 20.5 Å². The Balaban J connectivity index is 2.27. The number of rotatable bonds is 4. The van der Waals surface area contributed by atoms with Crippen molar-refractivity contribution in [2.45, 2.75) is 19.2 Å². The molecule has 1 heterocycles. The number of hydrogen-bond donors (Lipinski definition) is 2. The van der Waals surface area contributed by atoms with Crippen LogP contribution in [0.2, 0.25) is 0 Å². The molecule has 6 nitrogen and oxygen atoms in total. The summed E-state index contributed by atoms with van der Waals surface area (Å²) in [7, 11) is 0. The first-order valence-corrected chi connectivity index (χ1v) is 6.84. The van der Waals surface area contributed by atoms with Gasteiger partial charge in [-0.2, -0.15) is 0 Å². The first-order chi connectivity index (χ1) is 10.7. The van der Waals surface area contributed by atoms with Crippen LogP contribution in [0.4, 0.5) is 18.9 Å². The van der Waals surface area contributed by atoms with Crippen molar-refractivity contribution in [3.8, 4) is 5.75 Å². The van der Waals surface area contributed by atoms with E-state index in [4.69, 9.17) is 10.8 Å². The van der Waals surface area contributed by atoms with Crippen molar-refractivity contribution in [1.82, 2.24) is 0 Å². The first kappa shape index (κ1) is 16.9. The second-order valence-electron chi connectivity index (χ2n) is 5.19. The zero-order valence-electron chi connectivity index (χ0n) is 12.0. The molecule has 0 unspecified atom stereocenters. The molecule has 23 heavy (non-hydrogen) atoms. The van der Waals surface area contributed by atoms with Crippen molar-refractivity contribution in [2.75, 3.05) is 18.0 Å². The average Bonchev–Trinajstić information content (AvgIpc) is 2.45. The van der Waals surface area contributed by atoms with Gasteiger partial charge in [-0.3, -0.25) is 9.59 Å². The SMILES string of the molecule is NC(=O)c1ccc(N2CCC(C(=O)O)CC2)c(OC(F)(F)F)c1. The first-order valence-electron chi connectivity index (χ1n) is 6.84. The number of piperidine rings is 1. The van der Waals surface area contributed by atoms with Gasteiger partial charge >= 0.3 is 12.3 Å². The summed E-state index contributed by atoms with van der Waals surface area (Å²) in [5.74, 6) is -2.82. The highest BCUT2D eigenvalue weighted by atomic mass is 19.4. The molecule has 0 saturated carbocycles. The van der Waals surface area contributed by atoms with Crippen LogP contribution in [0.1, 0.15) is 23.2 Å². The predicted octanol–water partition coefficient (Wildman–Crippen LogP) is 1.99. The zero-order valence-corrected chi connectivity index (χ0v) is 12.0. The quantitative estimate of drug-likeness (QED) is 0.879. The number of carbonyl (C=O) groups is 2. The minimum absolute atomic E-state index is 0.103. The zero-order chi connectivity index (χ0) is 17.2. The van der Waals surface area contributed by atoms with E-state index in [2.05, 4.69) is 4.74 Å². The van der Waals surface area contributed by atoms with Crippen LogP contribution in [0.5, 0.6) is 5.75 Å². The monoisotopic (exact) mass is 332 g/mol. The van der Waals surface area contributed by atoms with Crippen molar-refractivity contribution < 1.29 is 32.6 Å². The normalized spacial score (nSPS) is 16.2. The summed E-state index contributed by atoms with van der Waals surface area (Å²) in [5, 5.41) is 8.96. The molecular formula is C14H15F3N2O4. The number of primary amides is 1. The van der Waals surface area contributed by atoms with Gasteiger partial charge in [-0.15, -0.1) is 13.2 Å². The van der Waals surface area contributed by atoms with Crippen molar-refractivity contribution in [2.24, 2.45) is 11.7 Å². The number of anilines is 1. The summed E-state index contributed by atoms with van der Waals surface area (Å²) in [6.45, 7) is 0.558. The number of amides is 1. The lowest BCUT2D eigenvalue weighted by molar-refractivity contribution is -0.274. The molecule has 0 radical (unpaired) electrons. The van der Waals surface area contributed by atoms with E-state index < -0.39 is 29.9 Å². The van der Waals surface area contributed by atoms with Crippen LogP contribution in [-0.4, -0.2) is 36.4 Å². The number of benzene rings is 1. The standard InChI is InChI=1S/C14H15F3N2O4/c15-14(16,17)23-11-7-9(12(18)20)1-2-10(11)19-5-3-8(4-6-19)13(21)22/h1-2,7-8H,3-6H2,(H2,18,20)(H,21,22). The molecule has 1 aliphatic heterocycles. The smallest absolute Gasteiger partial charge is 0.481 e. The van der Waals surface area contributed by atoms with Gasteiger partial charge in [-0.1, -0.05) is 0 Å². The molecule has 1 saturated heterocycles. The number of nitrogens with two attached hydrogens (primary N) is 1. The van der Waals surface area contributed by atoms with Gasteiger partial charge in [0.2, 0.25) is 5.91 Å². The number of carboxylic acid groups (broad SMARTS) is 1. The second kappa shape index (κ2) is 6.35. The van der Waals surface area contributed by atoms with E-state index in [-0.39, 0.29) is 24.3 Å².